The molecule has 0 fully saturated rings. The summed E-state index contributed by atoms with van der Waals surface area (Å²) in [5.41, 5.74) is 0. The Kier molecular flexibility index (Phi) is 5.43. The van der Waals surface area contributed by atoms with Gasteiger partial charge in [0.2, 0.25) is 0 Å². The summed E-state index contributed by atoms with van der Waals surface area (Å²) >= 11 is 0. The Morgan fingerprint density at radius 1 is 1.12 bits per heavy atom. The van der Waals surface area contributed by atoms with Crippen molar-refractivity contribution in [1.29, 1.82) is 0 Å². The summed E-state index contributed by atoms with van der Waals surface area (Å²) in [4.78, 5) is 35.3. The summed E-state index contributed by atoms with van der Waals surface area (Å²) in [6.45, 7) is -12.1. The molecule has 146 valence electrons. The van der Waals surface area contributed by atoms with Crippen LogP contribution in [0.3, 0.4) is 0 Å². The van der Waals surface area contributed by atoms with E-state index in [9.17, 15) is 14.4 Å². The number of aliphatic carboxylic acids is 1. The molecule has 0 aliphatic rings. The molecule has 1 aromatic rings. The van der Waals surface area contributed by atoms with Crippen LogP contribution in [0, 0.1) is 0 Å². The lowest BCUT2D eigenvalue weighted by Gasteiger charge is -2.28. The van der Waals surface area contributed by atoms with Gasteiger partial charge in [0.1, 0.15) is 12.3 Å². The second-order valence-electron chi connectivity index (χ2n) is 5.34. The minimum Gasteiger partial charge on any atom is -1.00 e. The van der Waals surface area contributed by atoms with Crippen LogP contribution in [0.15, 0.2) is 30.3 Å². The molecule has 1 N–H and O–H groups in total. The van der Waals surface area contributed by atoms with Gasteiger partial charge in [0.05, 0.1) is 39.7 Å². The summed E-state index contributed by atoms with van der Waals surface area (Å²) in [7, 11) is 0. The predicted molar refractivity (Wildman–Crippen MR) is 91.0 cm³/mol. The van der Waals surface area contributed by atoms with E-state index in [1.807, 2.05) is 0 Å². The van der Waals surface area contributed by atoms with Crippen LogP contribution in [0.4, 0.5) is 0 Å². The molecule has 0 unspecified atom stereocenters. The molecular formula is C18H26ClNO6. The number of carboxylic acids is 1. The van der Waals surface area contributed by atoms with Crippen LogP contribution in [0.2, 0.25) is 0 Å². The van der Waals surface area contributed by atoms with Crippen molar-refractivity contribution in [2.45, 2.75) is 31.8 Å². The third-order valence-corrected chi connectivity index (χ3v) is 2.92. The number of quaternary nitrogens is 1. The van der Waals surface area contributed by atoms with E-state index in [-0.39, 0.29) is 31.0 Å². The maximum atomic E-state index is 12.4. The molecule has 0 saturated heterocycles. The lowest BCUT2D eigenvalue weighted by Crippen LogP contribution is -3.00. The molecule has 1 aromatic carbocycles. The van der Waals surface area contributed by atoms with E-state index < -0.39 is 68.8 Å². The van der Waals surface area contributed by atoms with Crippen molar-refractivity contribution in [1.82, 2.24) is 0 Å². The number of hydrogen-bond acceptors (Lipinski definition) is 5. The molecule has 0 aliphatic heterocycles. The molecular weight excluding hydrogens is 362 g/mol. The van der Waals surface area contributed by atoms with Crippen molar-refractivity contribution >= 4 is 17.9 Å². The number of carboxylic acid groups (broad SMARTS) is 1. The van der Waals surface area contributed by atoms with E-state index in [0.29, 0.717) is 0 Å². The maximum absolute atomic E-state index is 12.4. The van der Waals surface area contributed by atoms with E-state index >= 15 is 0 Å². The predicted octanol–water partition coefficient (Wildman–Crippen LogP) is -1.14. The van der Waals surface area contributed by atoms with Crippen molar-refractivity contribution < 1.29 is 58.2 Å². The average molecular weight is 397 g/mol. The van der Waals surface area contributed by atoms with Gasteiger partial charge in [-0.05, 0) is 18.6 Å². The summed E-state index contributed by atoms with van der Waals surface area (Å²) in [6, 6.07) is 7.62. The molecule has 7 nitrogen and oxygen atoms in total. The first kappa shape index (κ1) is 12.3. The minimum absolute atomic E-state index is 0. The van der Waals surface area contributed by atoms with Gasteiger partial charge >= 0.3 is 17.9 Å². The molecule has 1 atom stereocenters. The van der Waals surface area contributed by atoms with Crippen LogP contribution < -0.4 is 17.1 Å². The van der Waals surface area contributed by atoms with Gasteiger partial charge in [-0.1, -0.05) is 18.2 Å². The molecule has 0 heterocycles. The first-order valence-electron chi connectivity index (χ1n) is 12.0. The number of para-hydroxylation sites is 1. The Morgan fingerprint density at radius 3 is 2.35 bits per heavy atom. The number of halogens is 1. The van der Waals surface area contributed by atoms with Gasteiger partial charge in [-0.15, -0.1) is 0 Å². The van der Waals surface area contributed by atoms with Crippen LogP contribution in [-0.4, -0.2) is 61.1 Å². The SMILES string of the molecule is [2H]C([2H])([2H])[N+](C[C@@H](CC(=O)Oc1ccccc1)OC(=O)CCCC(=O)O)(C([2H])([2H])[2H])C([2H])([2H])[2H].[Cl-]. The van der Waals surface area contributed by atoms with Gasteiger partial charge in [0.15, 0.2) is 6.10 Å². The van der Waals surface area contributed by atoms with Gasteiger partial charge in [0.25, 0.3) is 0 Å². The van der Waals surface area contributed by atoms with Crippen molar-refractivity contribution in [3.8, 4) is 5.75 Å². The van der Waals surface area contributed by atoms with Gasteiger partial charge < -0.3 is 31.5 Å². The van der Waals surface area contributed by atoms with E-state index in [2.05, 4.69) is 0 Å². The van der Waals surface area contributed by atoms with E-state index in [4.69, 9.17) is 26.9 Å². The number of likely N-dealkylation sites (N-methyl/N-ethyl adjacent to an activating group) is 1. The standard InChI is InChI=1S/C18H25NO6.ClH/c1-19(2,3)13-15(25-17(22)11-7-10-16(20)21)12-18(23)24-14-8-5-4-6-9-14;/h4-6,8-9,15H,7,10-13H2,1-3H3;1H/t15-;/m1./s1/i1D3,2D3,3D3;. The van der Waals surface area contributed by atoms with Gasteiger partial charge in [0, 0.05) is 12.8 Å². The summed E-state index contributed by atoms with van der Waals surface area (Å²) in [5.74, 6) is -3.17. The zero-order valence-electron chi connectivity index (χ0n) is 22.8. The second-order valence-corrected chi connectivity index (χ2v) is 5.34. The van der Waals surface area contributed by atoms with Crippen molar-refractivity contribution in [3.63, 3.8) is 0 Å². The fourth-order valence-electron chi connectivity index (χ4n) is 1.93. The van der Waals surface area contributed by atoms with Gasteiger partial charge in [-0.25, -0.2) is 0 Å². The van der Waals surface area contributed by atoms with Crippen LogP contribution in [0.1, 0.15) is 38.0 Å². The molecule has 0 bridgehead atoms. The number of rotatable bonds is 10. The zero-order chi connectivity index (χ0) is 26.4. The van der Waals surface area contributed by atoms with Gasteiger partial charge in [-0.3, -0.25) is 14.4 Å². The van der Waals surface area contributed by atoms with Crippen molar-refractivity contribution in [2.24, 2.45) is 0 Å². The fraction of sp³-hybridized carbons (Fsp3) is 0.500. The third-order valence-electron chi connectivity index (χ3n) is 2.92. The van der Waals surface area contributed by atoms with Crippen LogP contribution in [-0.2, 0) is 19.1 Å². The number of nitrogens with zero attached hydrogens (tertiary/aromatic N) is 1. The summed E-state index contributed by atoms with van der Waals surface area (Å²) in [6.07, 6.45) is -3.62. The van der Waals surface area contributed by atoms with Crippen LogP contribution in [0.25, 0.3) is 0 Å². The Morgan fingerprint density at radius 2 is 1.77 bits per heavy atom. The van der Waals surface area contributed by atoms with Crippen LogP contribution >= 0.6 is 0 Å². The topological polar surface area (TPSA) is 89.9 Å². The van der Waals surface area contributed by atoms with Crippen molar-refractivity contribution in [3.05, 3.63) is 30.3 Å². The number of esters is 2. The Hall–Kier alpha value is -2.12. The highest BCUT2D eigenvalue weighted by molar-refractivity contribution is 5.74. The minimum atomic E-state index is -3.62. The Labute approximate surface area is 172 Å². The Balaban J connectivity index is 0.0000116. The molecule has 26 heavy (non-hydrogen) atoms. The quantitative estimate of drug-likeness (QED) is 0.305. The molecule has 0 spiro atoms. The highest BCUT2D eigenvalue weighted by Gasteiger charge is 2.26. The number of carbonyl (C=O) groups excluding carboxylic acids is 2. The van der Waals surface area contributed by atoms with E-state index in [1.165, 1.54) is 12.1 Å². The normalized spacial score (nSPS) is 18.4. The molecule has 1 rings (SSSR count). The molecule has 0 radical (unpaired) electrons. The molecule has 0 amide bonds. The van der Waals surface area contributed by atoms with Crippen LogP contribution in [0.5, 0.6) is 5.75 Å². The van der Waals surface area contributed by atoms with E-state index in [0.717, 1.165) is 0 Å². The fourth-order valence-corrected chi connectivity index (χ4v) is 1.93. The Bertz CT molecular complexity index is 823. The summed E-state index contributed by atoms with van der Waals surface area (Å²) in [5, 5.41) is 8.69. The number of hydrogen-bond donors (Lipinski definition) is 1. The highest BCUT2D eigenvalue weighted by atomic mass is 35.5. The number of benzene rings is 1. The smallest absolute Gasteiger partial charge is 0.315 e. The lowest BCUT2D eigenvalue weighted by atomic mass is 10.2. The highest BCUT2D eigenvalue weighted by Crippen LogP contribution is 2.13. The first-order valence-corrected chi connectivity index (χ1v) is 7.46. The largest absolute Gasteiger partial charge is 1.00 e. The third kappa shape index (κ3) is 11.4. The lowest BCUT2D eigenvalue weighted by molar-refractivity contribution is -0.873. The molecule has 8 heteroatoms. The average Bonchev–Trinajstić information content (AvgIpc) is 2.63. The molecule has 0 saturated carbocycles. The number of carbonyl (C=O) groups is 3. The maximum Gasteiger partial charge on any atom is 0.315 e. The van der Waals surface area contributed by atoms with Crippen molar-refractivity contribution in [2.75, 3.05) is 27.5 Å². The number of ether oxygens (including phenoxy) is 2. The molecule has 0 aromatic heterocycles. The summed E-state index contributed by atoms with van der Waals surface area (Å²) < 4.78 is 77.1. The first-order chi connectivity index (χ1) is 15.4. The zero-order valence-corrected chi connectivity index (χ0v) is 14.6. The molecule has 0 aliphatic carbocycles. The van der Waals surface area contributed by atoms with E-state index in [1.54, 1.807) is 18.2 Å². The van der Waals surface area contributed by atoms with Gasteiger partial charge in [-0.2, -0.15) is 0 Å². The monoisotopic (exact) mass is 396 g/mol. The second kappa shape index (κ2) is 11.5.